The summed E-state index contributed by atoms with van der Waals surface area (Å²) in [5.41, 5.74) is 4.16. The van der Waals surface area contributed by atoms with Gasteiger partial charge in [0.2, 0.25) is 0 Å². The number of rotatable bonds is 5. The Morgan fingerprint density at radius 2 is 1.48 bits per heavy atom. The molecule has 2 aromatic carbocycles. The molecule has 0 aliphatic carbocycles. The summed E-state index contributed by atoms with van der Waals surface area (Å²) >= 11 is 3.12. The lowest BCUT2D eigenvalue weighted by atomic mass is 9.99. The second kappa shape index (κ2) is 7.06. The monoisotopic (exact) mass is 358 g/mol. The van der Waals surface area contributed by atoms with Crippen molar-refractivity contribution in [3.63, 3.8) is 0 Å². The average molecular weight is 359 g/mol. The summed E-state index contributed by atoms with van der Waals surface area (Å²) in [4.78, 5) is 0. The minimum absolute atomic E-state index is 0.174. The van der Waals surface area contributed by atoms with E-state index >= 15 is 0 Å². The minimum Gasteiger partial charge on any atom is -0.271 e. The van der Waals surface area contributed by atoms with Gasteiger partial charge >= 0.3 is 0 Å². The van der Waals surface area contributed by atoms with E-state index in [0.29, 0.717) is 22.9 Å². The van der Waals surface area contributed by atoms with E-state index in [2.05, 4.69) is 21.4 Å². The first kappa shape index (κ1) is 16.0. The summed E-state index contributed by atoms with van der Waals surface area (Å²) in [5, 5.41) is 0. The highest BCUT2D eigenvalue weighted by Crippen LogP contribution is 2.19. The van der Waals surface area contributed by atoms with E-state index in [9.17, 15) is 13.2 Å². The zero-order valence-electron chi connectivity index (χ0n) is 11.0. The number of nitrogens with one attached hydrogen (secondary N) is 1. The number of hydrogen-bond acceptors (Lipinski definition) is 2. The normalized spacial score (nSPS) is 12.4. The molecule has 0 aliphatic heterocycles. The SMILES string of the molecule is NNC(Cc1ccc(F)c(F)c1)Cc1ccc(F)c(Br)c1. The van der Waals surface area contributed by atoms with Crippen LogP contribution < -0.4 is 11.3 Å². The summed E-state index contributed by atoms with van der Waals surface area (Å²) in [6.07, 6.45) is 0.969. The molecule has 0 amide bonds. The number of hydrogen-bond donors (Lipinski definition) is 2. The van der Waals surface area contributed by atoms with Crippen molar-refractivity contribution in [2.75, 3.05) is 0 Å². The molecule has 0 bridgehead atoms. The highest BCUT2D eigenvalue weighted by atomic mass is 79.9. The Hall–Kier alpha value is -1.37. The summed E-state index contributed by atoms with van der Waals surface area (Å²) in [6.45, 7) is 0. The highest BCUT2D eigenvalue weighted by molar-refractivity contribution is 9.10. The van der Waals surface area contributed by atoms with Crippen LogP contribution in [0.1, 0.15) is 11.1 Å². The second-order valence-electron chi connectivity index (χ2n) is 4.77. The predicted octanol–water partition coefficient (Wildman–Crippen LogP) is 3.48. The van der Waals surface area contributed by atoms with Crippen molar-refractivity contribution in [1.82, 2.24) is 5.43 Å². The van der Waals surface area contributed by atoms with Crippen LogP contribution in [0.5, 0.6) is 0 Å². The maximum atomic E-state index is 13.2. The molecule has 3 N–H and O–H groups in total. The predicted molar refractivity (Wildman–Crippen MR) is 79.0 cm³/mol. The molecule has 0 aliphatic rings. The standard InChI is InChI=1S/C15H14BrF3N2/c16-12-7-9(1-3-13(12)17)5-11(21-20)6-10-2-4-14(18)15(19)8-10/h1-4,7-8,11,21H,5-6,20H2. The Morgan fingerprint density at radius 3 is 2.00 bits per heavy atom. The van der Waals surface area contributed by atoms with Gasteiger partial charge in [0.05, 0.1) is 4.47 Å². The number of nitrogens with two attached hydrogens (primary N) is 1. The molecule has 0 saturated carbocycles. The van der Waals surface area contributed by atoms with Crippen molar-refractivity contribution in [2.24, 2.45) is 5.84 Å². The van der Waals surface area contributed by atoms with Gasteiger partial charge in [-0.1, -0.05) is 12.1 Å². The van der Waals surface area contributed by atoms with Gasteiger partial charge in [0.15, 0.2) is 11.6 Å². The maximum absolute atomic E-state index is 13.2. The van der Waals surface area contributed by atoms with Gasteiger partial charge in [-0.2, -0.15) is 0 Å². The summed E-state index contributed by atoms with van der Waals surface area (Å²) < 4.78 is 39.6. The Balaban J connectivity index is 2.08. The molecular weight excluding hydrogens is 345 g/mol. The van der Waals surface area contributed by atoms with Gasteiger partial charge in [0, 0.05) is 6.04 Å². The Kier molecular flexibility index (Phi) is 5.39. The third-order valence-electron chi connectivity index (χ3n) is 3.17. The lowest BCUT2D eigenvalue weighted by Gasteiger charge is -2.16. The molecule has 21 heavy (non-hydrogen) atoms. The Bertz CT molecular complexity index is 581. The molecule has 1 unspecified atom stereocenters. The number of halogens is 4. The van der Waals surface area contributed by atoms with E-state index < -0.39 is 11.6 Å². The molecule has 0 fully saturated rings. The molecule has 6 heteroatoms. The first-order valence-corrected chi connectivity index (χ1v) is 7.13. The van der Waals surface area contributed by atoms with Crippen molar-refractivity contribution < 1.29 is 13.2 Å². The van der Waals surface area contributed by atoms with Crippen LogP contribution in [-0.4, -0.2) is 6.04 Å². The fourth-order valence-corrected chi connectivity index (χ4v) is 2.52. The molecule has 0 heterocycles. The quantitative estimate of drug-likeness (QED) is 0.634. The van der Waals surface area contributed by atoms with Crippen molar-refractivity contribution >= 4 is 15.9 Å². The fourth-order valence-electron chi connectivity index (χ4n) is 2.09. The van der Waals surface area contributed by atoms with Gasteiger partial charge in [0.1, 0.15) is 5.82 Å². The van der Waals surface area contributed by atoms with Gasteiger partial charge in [-0.25, -0.2) is 13.2 Å². The van der Waals surface area contributed by atoms with Crippen molar-refractivity contribution in [3.8, 4) is 0 Å². The van der Waals surface area contributed by atoms with E-state index in [-0.39, 0.29) is 11.9 Å². The van der Waals surface area contributed by atoms with Gasteiger partial charge < -0.3 is 0 Å². The van der Waals surface area contributed by atoms with Gasteiger partial charge in [0.25, 0.3) is 0 Å². The molecule has 0 spiro atoms. The van der Waals surface area contributed by atoms with E-state index in [1.54, 1.807) is 12.1 Å². The molecular formula is C15H14BrF3N2. The molecule has 2 rings (SSSR count). The van der Waals surface area contributed by atoms with Crippen LogP contribution in [0.15, 0.2) is 40.9 Å². The van der Waals surface area contributed by atoms with Crippen LogP contribution in [0.25, 0.3) is 0 Å². The fraction of sp³-hybridized carbons (Fsp3) is 0.200. The summed E-state index contributed by atoms with van der Waals surface area (Å²) in [7, 11) is 0. The smallest absolute Gasteiger partial charge is 0.159 e. The van der Waals surface area contributed by atoms with Crippen LogP contribution in [-0.2, 0) is 12.8 Å². The zero-order chi connectivity index (χ0) is 15.4. The van der Waals surface area contributed by atoms with Crippen molar-refractivity contribution in [2.45, 2.75) is 18.9 Å². The van der Waals surface area contributed by atoms with Gasteiger partial charge in [-0.05, 0) is 64.2 Å². The summed E-state index contributed by atoms with van der Waals surface area (Å²) in [6, 6.07) is 8.29. The lowest BCUT2D eigenvalue weighted by molar-refractivity contribution is 0.498. The third kappa shape index (κ3) is 4.30. The van der Waals surface area contributed by atoms with Crippen molar-refractivity contribution in [1.29, 1.82) is 0 Å². The van der Waals surface area contributed by atoms with Crippen LogP contribution in [0.4, 0.5) is 13.2 Å². The van der Waals surface area contributed by atoms with Gasteiger partial charge in [-0.3, -0.25) is 11.3 Å². The van der Waals surface area contributed by atoms with Crippen LogP contribution in [0.2, 0.25) is 0 Å². The second-order valence-corrected chi connectivity index (χ2v) is 5.62. The minimum atomic E-state index is -0.882. The van der Waals surface area contributed by atoms with Crippen molar-refractivity contribution in [3.05, 3.63) is 69.4 Å². The summed E-state index contributed by atoms with van der Waals surface area (Å²) in [5.74, 6) is 3.41. The zero-order valence-corrected chi connectivity index (χ0v) is 12.6. The molecule has 0 saturated heterocycles. The highest BCUT2D eigenvalue weighted by Gasteiger charge is 2.12. The van der Waals surface area contributed by atoms with E-state index in [4.69, 9.17) is 5.84 Å². The molecule has 0 aromatic heterocycles. The molecule has 2 aromatic rings. The maximum Gasteiger partial charge on any atom is 0.159 e. The topological polar surface area (TPSA) is 38.0 Å². The first-order chi connectivity index (χ1) is 9.99. The molecule has 1 atom stereocenters. The third-order valence-corrected chi connectivity index (χ3v) is 3.78. The Morgan fingerprint density at radius 1 is 0.905 bits per heavy atom. The van der Waals surface area contributed by atoms with Crippen LogP contribution in [0.3, 0.4) is 0 Å². The van der Waals surface area contributed by atoms with Crippen LogP contribution in [0, 0.1) is 17.5 Å². The molecule has 0 radical (unpaired) electrons. The van der Waals surface area contributed by atoms with Gasteiger partial charge in [-0.15, -0.1) is 0 Å². The van der Waals surface area contributed by atoms with E-state index in [0.717, 1.165) is 17.7 Å². The van der Waals surface area contributed by atoms with E-state index in [1.165, 1.54) is 12.1 Å². The first-order valence-electron chi connectivity index (χ1n) is 6.33. The largest absolute Gasteiger partial charge is 0.271 e. The molecule has 112 valence electrons. The molecule has 2 nitrogen and oxygen atoms in total. The average Bonchev–Trinajstić information content (AvgIpc) is 2.46. The number of benzene rings is 2. The lowest BCUT2D eigenvalue weighted by Crippen LogP contribution is -2.38. The van der Waals surface area contributed by atoms with E-state index in [1.807, 2.05) is 0 Å². The Labute approximate surface area is 129 Å². The van der Waals surface area contributed by atoms with Crippen LogP contribution >= 0.6 is 15.9 Å². The number of hydrazine groups is 1.